The zero-order valence-electron chi connectivity index (χ0n) is 8.75. The number of halogens is 1. The van der Waals surface area contributed by atoms with Gasteiger partial charge in [-0.15, -0.1) is 0 Å². The third-order valence-corrected chi connectivity index (χ3v) is 2.56. The Morgan fingerprint density at radius 2 is 1.93 bits per heavy atom. The highest BCUT2D eigenvalue weighted by Crippen LogP contribution is 2.33. The molecule has 0 aliphatic rings. The van der Waals surface area contributed by atoms with Crippen LogP contribution in [0.5, 0.6) is 11.5 Å². The number of aldehydes is 1. The van der Waals surface area contributed by atoms with Crippen LogP contribution in [0.4, 0.5) is 0 Å². The van der Waals surface area contributed by atoms with Crippen LogP contribution in [0.3, 0.4) is 0 Å². The molecule has 0 heterocycles. The van der Waals surface area contributed by atoms with Gasteiger partial charge in [0.05, 0.1) is 16.8 Å². The monoisotopic (exact) mass is 320 g/mol. The molecule has 4 heteroatoms. The maximum Gasteiger partial charge on any atom is 0.174 e. The summed E-state index contributed by atoms with van der Waals surface area (Å²) in [7, 11) is 0. The number of hydrogen-bond donors (Lipinski definition) is 0. The molecule has 0 N–H and O–H groups in total. The van der Waals surface area contributed by atoms with Gasteiger partial charge in [0.25, 0.3) is 0 Å². The van der Waals surface area contributed by atoms with E-state index in [-0.39, 0.29) is 0 Å². The Morgan fingerprint density at radius 3 is 2.47 bits per heavy atom. The van der Waals surface area contributed by atoms with Crippen molar-refractivity contribution in [1.29, 1.82) is 0 Å². The van der Waals surface area contributed by atoms with Crippen LogP contribution in [0.2, 0.25) is 0 Å². The van der Waals surface area contributed by atoms with Crippen LogP contribution in [-0.2, 0) is 0 Å². The average Bonchev–Trinajstić information content (AvgIpc) is 2.23. The predicted molar refractivity (Wildman–Crippen MR) is 66.9 cm³/mol. The Morgan fingerprint density at radius 1 is 1.27 bits per heavy atom. The van der Waals surface area contributed by atoms with Crippen LogP contribution < -0.4 is 9.47 Å². The molecule has 0 saturated carbocycles. The second kappa shape index (κ2) is 5.95. The lowest BCUT2D eigenvalue weighted by Crippen LogP contribution is -2.01. The summed E-state index contributed by atoms with van der Waals surface area (Å²) in [5, 5.41) is 0. The van der Waals surface area contributed by atoms with Crippen molar-refractivity contribution in [2.45, 2.75) is 13.8 Å². The molecule has 1 rings (SSSR count). The van der Waals surface area contributed by atoms with Gasteiger partial charge in [-0.2, -0.15) is 0 Å². The van der Waals surface area contributed by atoms with E-state index in [1.165, 1.54) is 0 Å². The third-order valence-electron chi connectivity index (χ3n) is 1.76. The minimum Gasteiger partial charge on any atom is -0.490 e. The molecular weight excluding hydrogens is 307 g/mol. The van der Waals surface area contributed by atoms with Gasteiger partial charge in [-0.05, 0) is 48.6 Å². The number of carbonyl (C=O) groups excluding carboxylic acids is 1. The Balaban J connectivity index is 3.15. The van der Waals surface area contributed by atoms with E-state index in [0.29, 0.717) is 30.3 Å². The quantitative estimate of drug-likeness (QED) is 0.618. The first-order valence-electron chi connectivity index (χ1n) is 4.77. The van der Waals surface area contributed by atoms with Gasteiger partial charge >= 0.3 is 0 Å². The lowest BCUT2D eigenvalue weighted by molar-refractivity contribution is 0.112. The molecule has 1 aromatic carbocycles. The fraction of sp³-hybridized carbons (Fsp3) is 0.364. The summed E-state index contributed by atoms with van der Waals surface area (Å²) in [4.78, 5) is 10.7. The summed E-state index contributed by atoms with van der Waals surface area (Å²) < 4.78 is 11.8. The number of carbonyl (C=O) groups is 1. The van der Waals surface area contributed by atoms with Gasteiger partial charge in [-0.3, -0.25) is 4.79 Å². The van der Waals surface area contributed by atoms with Crippen molar-refractivity contribution in [2.24, 2.45) is 0 Å². The van der Waals surface area contributed by atoms with Crippen LogP contribution >= 0.6 is 22.6 Å². The molecule has 82 valence electrons. The van der Waals surface area contributed by atoms with E-state index in [4.69, 9.17) is 9.47 Å². The van der Waals surface area contributed by atoms with Gasteiger partial charge < -0.3 is 9.47 Å². The molecule has 0 fully saturated rings. The maximum absolute atomic E-state index is 10.7. The van der Waals surface area contributed by atoms with Crippen LogP contribution in [0.1, 0.15) is 24.2 Å². The Kier molecular flexibility index (Phi) is 4.87. The van der Waals surface area contributed by atoms with E-state index >= 15 is 0 Å². The second-order valence-electron chi connectivity index (χ2n) is 2.81. The van der Waals surface area contributed by atoms with Gasteiger partial charge in [0.1, 0.15) is 6.29 Å². The fourth-order valence-corrected chi connectivity index (χ4v) is 1.98. The zero-order valence-corrected chi connectivity index (χ0v) is 10.9. The molecule has 15 heavy (non-hydrogen) atoms. The molecule has 0 bridgehead atoms. The molecule has 0 aliphatic carbocycles. The summed E-state index contributed by atoms with van der Waals surface area (Å²) >= 11 is 2.13. The largest absolute Gasteiger partial charge is 0.490 e. The summed E-state index contributed by atoms with van der Waals surface area (Å²) in [6.45, 7) is 4.95. The fourth-order valence-electron chi connectivity index (χ4n) is 1.20. The molecule has 0 saturated heterocycles. The molecule has 0 radical (unpaired) electrons. The first kappa shape index (κ1) is 12.3. The van der Waals surface area contributed by atoms with E-state index in [9.17, 15) is 4.79 Å². The zero-order chi connectivity index (χ0) is 11.3. The lowest BCUT2D eigenvalue weighted by atomic mass is 10.2. The molecular formula is C11H13IO3. The lowest BCUT2D eigenvalue weighted by Gasteiger charge is -2.12. The van der Waals surface area contributed by atoms with Crippen molar-refractivity contribution in [1.82, 2.24) is 0 Å². The standard InChI is InChI=1S/C11H13IO3/c1-3-14-10-6-8(7-13)5-9(12)11(10)15-4-2/h5-7H,3-4H2,1-2H3. The van der Waals surface area contributed by atoms with E-state index in [1.807, 2.05) is 13.8 Å². The van der Waals surface area contributed by atoms with Crippen LogP contribution in [-0.4, -0.2) is 19.5 Å². The first-order chi connectivity index (χ1) is 7.22. The maximum atomic E-state index is 10.7. The normalized spacial score (nSPS) is 9.80. The number of hydrogen-bond acceptors (Lipinski definition) is 3. The summed E-state index contributed by atoms with van der Waals surface area (Å²) in [5.41, 5.74) is 0.603. The van der Waals surface area contributed by atoms with E-state index < -0.39 is 0 Å². The molecule has 1 aromatic rings. The van der Waals surface area contributed by atoms with Crippen molar-refractivity contribution in [3.8, 4) is 11.5 Å². The Hall–Kier alpha value is -0.780. The molecule has 0 aliphatic heterocycles. The van der Waals surface area contributed by atoms with Gasteiger partial charge in [0.2, 0.25) is 0 Å². The topological polar surface area (TPSA) is 35.5 Å². The second-order valence-corrected chi connectivity index (χ2v) is 3.98. The number of ether oxygens (including phenoxy) is 2. The third kappa shape index (κ3) is 3.09. The summed E-state index contributed by atoms with van der Waals surface area (Å²) in [6, 6.07) is 3.48. The van der Waals surface area contributed by atoms with Gasteiger partial charge in [-0.1, -0.05) is 0 Å². The van der Waals surface area contributed by atoms with Crippen molar-refractivity contribution in [3.05, 3.63) is 21.3 Å². The van der Waals surface area contributed by atoms with Crippen molar-refractivity contribution in [2.75, 3.05) is 13.2 Å². The minimum absolute atomic E-state index is 0.554. The number of rotatable bonds is 5. The van der Waals surface area contributed by atoms with Gasteiger partial charge in [0, 0.05) is 5.56 Å². The number of benzene rings is 1. The minimum atomic E-state index is 0.554. The van der Waals surface area contributed by atoms with E-state index in [2.05, 4.69) is 22.6 Å². The highest BCUT2D eigenvalue weighted by atomic mass is 127. The summed E-state index contributed by atoms with van der Waals surface area (Å²) in [6.07, 6.45) is 0.806. The smallest absolute Gasteiger partial charge is 0.174 e. The summed E-state index contributed by atoms with van der Waals surface area (Å²) in [5.74, 6) is 1.35. The SMILES string of the molecule is CCOc1cc(C=O)cc(I)c1OCC. The van der Waals surface area contributed by atoms with Crippen molar-refractivity contribution in [3.63, 3.8) is 0 Å². The molecule has 3 nitrogen and oxygen atoms in total. The van der Waals surface area contributed by atoms with Crippen LogP contribution in [0.15, 0.2) is 12.1 Å². The van der Waals surface area contributed by atoms with Gasteiger partial charge in [0.15, 0.2) is 11.5 Å². The average molecular weight is 320 g/mol. The van der Waals surface area contributed by atoms with Crippen molar-refractivity contribution < 1.29 is 14.3 Å². The molecule has 0 unspecified atom stereocenters. The molecule has 0 spiro atoms. The Bertz CT molecular complexity index is 350. The van der Waals surface area contributed by atoms with Crippen molar-refractivity contribution >= 4 is 28.9 Å². The highest BCUT2D eigenvalue weighted by molar-refractivity contribution is 14.1. The van der Waals surface area contributed by atoms with Gasteiger partial charge in [-0.25, -0.2) is 0 Å². The predicted octanol–water partition coefficient (Wildman–Crippen LogP) is 2.90. The first-order valence-corrected chi connectivity index (χ1v) is 5.85. The van der Waals surface area contributed by atoms with E-state index in [0.717, 1.165) is 9.86 Å². The molecule has 0 aromatic heterocycles. The molecule has 0 atom stereocenters. The molecule has 0 amide bonds. The Labute approximate surface area is 103 Å². The van der Waals surface area contributed by atoms with E-state index in [1.54, 1.807) is 12.1 Å². The van der Waals surface area contributed by atoms with Crippen LogP contribution in [0, 0.1) is 3.57 Å². The highest BCUT2D eigenvalue weighted by Gasteiger charge is 2.11. The van der Waals surface area contributed by atoms with Crippen LogP contribution in [0.25, 0.3) is 0 Å².